The van der Waals surface area contributed by atoms with E-state index in [9.17, 15) is 44.4 Å². The van der Waals surface area contributed by atoms with E-state index in [0.29, 0.717) is 11.3 Å². The van der Waals surface area contributed by atoms with Crippen molar-refractivity contribution >= 4 is 40.8 Å². The van der Waals surface area contributed by atoms with E-state index in [1.165, 1.54) is 11.0 Å². The van der Waals surface area contributed by atoms with Gasteiger partial charge in [-0.3, -0.25) is 24.1 Å². The molecule has 244 valence electrons. The predicted octanol–water partition coefficient (Wildman–Crippen LogP) is 0.650. The monoisotopic (exact) mass is 629 g/mol. The first-order valence-electron chi connectivity index (χ1n) is 14.2. The average molecular weight is 630 g/mol. The summed E-state index contributed by atoms with van der Waals surface area (Å²) < 4.78 is 5.11. The lowest BCUT2D eigenvalue weighted by Gasteiger charge is -2.50. The molecule has 2 unspecified atom stereocenters. The highest BCUT2D eigenvalue weighted by Crippen LogP contribution is 2.53. The molecule has 3 amide bonds. The number of ketones is 2. The number of phenols is 1. The Labute approximate surface area is 259 Å². The molecule has 15 heteroatoms. The van der Waals surface area contributed by atoms with Gasteiger partial charge in [-0.15, -0.1) is 0 Å². The maximum absolute atomic E-state index is 14.1. The number of aliphatic hydroxyl groups excluding tert-OH is 2. The van der Waals surface area contributed by atoms with Crippen LogP contribution in [0.4, 0.5) is 16.2 Å². The van der Waals surface area contributed by atoms with Crippen molar-refractivity contribution in [2.45, 2.75) is 50.9 Å². The molecule has 3 aliphatic carbocycles. The lowest BCUT2D eigenvalue weighted by molar-refractivity contribution is -0.148. The van der Waals surface area contributed by atoms with E-state index in [0.717, 1.165) is 0 Å². The summed E-state index contributed by atoms with van der Waals surface area (Å²) in [5.74, 6) is -8.49. The number of nitrogens with two attached hydrogens (primary N) is 1. The van der Waals surface area contributed by atoms with Gasteiger partial charge in [-0.05, 0) is 65.3 Å². The van der Waals surface area contributed by atoms with E-state index < -0.39 is 87.9 Å². The van der Waals surface area contributed by atoms with Crippen LogP contribution >= 0.6 is 0 Å². The number of allylic oxidation sites excluding steroid dienone is 1. The average Bonchev–Trinajstić information content (AvgIpc) is 2.89. The number of aliphatic hydroxyl groups is 3. The number of nitrogens with zero attached hydrogens (tertiary/aromatic N) is 2. The number of phenolic OH excluding ortho intramolecular Hbond substituents is 1. The molecular formula is C30H39N5O10. The standard InChI is InChI=1S/C30H39N5O10/c1-29(2,3)45-28(43)32-11-17(36)33-15-10-16(34(4)5)13-8-12-9-14-21(35(6)7)24(39)20(27(31)42)26(41)30(14,44)25(40)18(12)23(38)19(13)22(15)37/h10,12,14,21,37,39-40,44H,8-9,11H2,1-7H3,(H2,31,42)(H,32,43)(H,33,36)/t12?,14?,21-,30-/m0/s1. The highest BCUT2D eigenvalue weighted by molar-refractivity contribution is 6.25. The SMILES string of the molecule is CN(C)c1cc(NC(=O)CNC(=O)OC(C)(C)C)c(O)c2c1CC1CC3[C@H](N(C)C)C(O)=C(C(N)=O)C(=O)[C@@]3(O)C(O)=C1C2=O. The number of primary amides is 1. The first-order valence-corrected chi connectivity index (χ1v) is 14.2. The summed E-state index contributed by atoms with van der Waals surface area (Å²) in [6, 6.07) is 0.352. The van der Waals surface area contributed by atoms with E-state index >= 15 is 0 Å². The number of anilines is 2. The number of carbonyl (C=O) groups excluding carboxylic acids is 5. The van der Waals surface area contributed by atoms with Gasteiger partial charge in [0.15, 0.2) is 17.1 Å². The van der Waals surface area contributed by atoms with Gasteiger partial charge in [0.2, 0.25) is 11.7 Å². The molecule has 4 atom stereocenters. The molecular weight excluding hydrogens is 590 g/mol. The van der Waals surface area contributed by atoms with Crippen LogP contribution in [0.2, 0.25) is 0 Å². The van der Waals surface area contributed by atoms with Gasteiger partial charge in [-0.1, -0.05) is 0 Å². The normalized spacial score (nSPS) is 24.5. The smallest absolute Gasteiger partial charge is 0.408 e. The van der Waals surface area contributed by atoms with Crippen LogP contribution in [-0.4, -0.2) is 107 Å². The maximum Gasteiger partial charge on any atom is 0.408 e. The fourth-order valence-electron chi connectivity index (χ4n) is 6.45. The Morgan fingerprint density at radius 1 is 1.11 bits per heavy atom. The highest BCUT2D eigenvalue weighted by Gasteiger charge is 2.63. The summed E-state index contributed by atoms with van der Waals surface area (Å²) in [5.41, 5.74) is 0.983. The molecule has 0 saturated heterocycles. The van der Waals surface area contributed by atoms with Gasteiger partial charge in [-0.25, -0.2) is 4.79 Å². The van der Waals surface area contributed by atoms with Crippen LogP contribution < -0.4 is 21.3 Å². The van der Waals surface area contributed by atoms with E-state index in [1.54, 1.807) is 53.9 Å². The summed E-state index contributed by atoms with van der Waals surface area (Å²) in [6.45, 7) is 4.45. The predicted molar refractivity (Wildman–Crippen MR) is 161 cm³/mol. The number of hydrogen-bond acceptors (Lipinski definition) is 12. The van der Waals surface area contributed by atoms with Crippen molar-refractivity contribution in [1.29, 1.82) is 0 Å². The van der Waals surface area contributed by atoms with Gasteiger partial charge in [-0.2, -0.15) is 0 Å². The number of alkyl carbamates (subject to hydrolysis) is 1. The summed E-state index contributed by atoms with van der Waals surface area (Å²) >= 11 is 0. The van der Waals surface area contributed by atoms with Gasteiger partial charge in [0, 0.05) is 31.3 Å². The van der Waals surface area contributed by atoms with Gasteiger partial charge in [0.1, 0.15) is 29.2 Å². The fraction of sp³-hybridized carbons (Fsp3) is 0.500. The molecule has 0 spiro atoms. The van der Waals surface area contributed by atoms with Gasteiger partial charge in [0.25, 0.3) is 5.91 Å². The van der Waals surface area contributed by atoms with Crippen molar-refractivity contribution in [3.8, 4) is 5.75 Å². The molecule has 4 rings (SSSR count). The number of Topliss-reactive ketones (excluding diaryl/α,β-unsaturated/α-hetero) is 2. The molecule has 0 radical (unpaired) electrons. The molecule has 3 aliphatic rings. The number of fused-ring (bicyclic) bond motifs is 3. The Balaban J connectivity index is 1.79. The van der Waals surface area contributed by atoms with Crippen molar-refractivity contribution in [3.05, 3.63) is 39.9 Å². The van der Waals surface area contributed by atoms with E-state index in [2.05, 4.69) is 10.6 Å². The van der Waals surface area contributed by atoms with Crippen LogP contribution in [0, 0.1) is 11.8 Å². The molecule has 0 aliphatic heterocycles. The van der Waals surface area contributed by atoms with Crippen molar-refractivity contribution in [2.75, 3.05) is 45.0 Å². The third-order valence-corrected chi connectivity index (χ3v) is 8.25. The van der Waals surface area contributed by atoms with Crippen LogP contribution in [0.25, 0.3) is 0 Å². The third-order valence-electron chi connectivity index (χ3n) is 8.25. The van der Waals surface area contributed by atoms with E-state index in [-0.39, 0.29) is 29.7 Å². The Kier molecular flexibility index (Phi) is 8.41. The fourth-order valence-corrected chi connectivity index (χ4v) is 6.45. The van der Waals surface area contributed by atoms with Crippen molar-refractivity contribution < 1.29 is 49.1 Å². The summed E-state index contributed by atoms with van der Waals surface area (Å²) in [6.07, 6.45) is -0.826. The second kappa shape index (κ2) is 11.4. The summed E-state index contributed by atoms with van der Waals surface area (Å²) in [5, 5.41) is 50.2. The van der Waals surface area contributed by atoms with E-state index in [1.807, 2.05) is 0 Å². The zero-order valence-electron chi connectivity index (χ0n) is 26.1. The van der Waals surface area contributed by atoms with Gasteiger partial charge >= 0.3 is 6.09 Å². The molecule has 0 fully saturated rings. The minimum atomic E-state index is -2.77. The van der Waals surface area contributed by atoms with Crippen LogP contribution in [-0.2, 0) is 25.5 Å². The minimum absolute atomic E-state index is 0.0613. The third kappa shape index (κ3) is 5.57. The minimum Gasteiger partial charge on any atom is -0.510 e. The highest BCUT2D eigenvalue weighted by atomic mass is 16.6. The first-order chi connectivity index (χ1) is 20.7. The Morgan fingerprint density at radius 2 is 1.73 bits per heavy atom. The summed E-state index contributed by atoms with van der Waals surface area (Å²) in [4.78, 5) is 67.6. The quantitative estimate of drug-likeness (QED) is 0.170. The lowest BCUT2D eigenvalue weighted by atomic mass is 9.58. The molecule has 8 N–H and O–H groups in total. The first kappa shape index (κ1) is 33.3. The number of carbonyl (C=O) groups is 5. The van der Waals surface area contributed by atoms with Gasteiger partial charge in [0.05, 0.1) is 17.3 Å². The van der Waals surface area contributed by atoms with E-state index in [4.69, 9.17) is 10.5 Å². The second-order valence-corrected chi connectivity index (χ2v) is 12.9. The molecule has 0 aromatic heterocycles. The second-order valence-electron chi connectivity index (χ2n) is 12.9. The van der Waals surface area contributed by atoms with Gasteiger partial charge < -0.3 is 46.4 Å². The molecule has 15 nitrogen and oxygen atoms in total. The number of hydrogen-bond donors (Lipinski definition) is 7. The molecule has 0 saturated carbocycles. The zero-order chi connectivity index (χ0) is 33.9. The number of ether oxygens (including phenoxy) is 1. The Hall–Kier alpha value is -4.63. The molecule has 0 heterocycles. The maximum atomic E-state index is 14.1. The zero-order valence-corrected chi connectivity index (χ0v) is 26.1. The Bertz CT molecular complexity index is 1570. The van der Waals surface area contributed by atoms with Crippen LogP contribution in [0.15, 0.2) is 28.7 Å². The van der Waals surface area contributed by atoms with Crippen molar-refractivity contribution in [2.24, 2.45) is 17.6 Å². The molecule has 1 aromatic rings. The number of nitrogens with one attached hydrogen (secondary N) is 2. The number of amides is 3. The van der Waals surface area contributed by atoms with Crippen LogP contribution in [0.3, 0.4) is 0 Å². The molecule has 0 bridgehead atoms. The van der Waals surface area contributed by atoms with Crippen LogP contribution in [0.5, 0.6) is 5.75 Å². The largest absolute Gasteiger partial charge is 0.510 e. The van der Waals surface area contributed by atoms with Crippen molar-refractivity contribution in [1.82, 2.24) is 10.2 Å². The summed E-state index contributed by atoms with van der Waals surface area (Å²) in [7, 11) is 6.47. The number of rotatable bonds is 6. The molecule has 45 heavy (non-hydrogen) atoms. The number of aromatic hydroxyl groups is 1. The van der Waals surface area contributed by atoms with Crippen molar-refractivity contribution in [3.63, 3.8) is 0 Å². The molecule has 1 aromatic carbocycles. The topological polar surface area (TPSA) is 232 Å². The van der Waals surface area contributed by atoms with Crippen LogP contribution in [0.1, 0.15) is 43.1 Å². The number of likely N-dealkylation sites (N-methyl/N-ethyl adjacent to an activating group) is 1. The number of benzene rings is 1. The lowest BCUT2D eigenvalue weighted by Crippen LogP contribution is -2.63. The Morgan fingerprint density at radius 3 is 2.27 bits per heavy atom.